The zero-order valence-electron chi connectivity index (χ0n) is 14.7. The number of anilines is 1. The molecule has 1 amide bonds. The van der Waals surface area contributed by atoms with E-state index >= 15 is 0 Å². The Morgan fingerprint density at radius 2 is 2.00 bits per heavy atom. The Morgan fingerprint density at radius 1 is 1.21 bits per heavy atom. The normalized spacial score (nSPS) is 10.4. The Morgan fingerprint density at radius 3 is 2.68 bits per heavy atom. The molecule has 7 nitrogen and oxygen atoms in total. The number of carbonyl (C=O) groups excluding carboxylic acids is 2. The van der Waals surface area contributed by atoms with Gasteiger partial charge in [0.15, 0.2) is 6.61 Å². The molecule has 2 rings (SSSR count). The lowest BCUT2D eigenvalue weighted by Crippen LogP contribution is -2.21. The number of methoxy groups -OCH3 is 1. The highest BCUT2D eigenvalue weighted by atomic mass is 35.5. The van der Waals surface area contributed by atoms with E-state index in [1.54, 1.807) is 30.3 Å². The van der Waals surface area contributed by atoms with Gasteiger partial charge < -0.3 is 14.8 Å². The van der Waals surface area contributed by atoms with Crippen molar-refractivity contribution in [3.05, 3.63) is 64.2 Å². The third-order valence-electron chi connectivity index (χ3n) is 3.46. The molecule has 0 spiro atoms. The minimum absolute atomic E-state index is 0.198. The summed E-state index contributed by atoms with van der Waals surface area (Å²) in [5.74, 6) is -1.06. The number of nitriles is 2. The molecule has 140 valence electrons. The average Bonchev–Trinajstić information content (AvgIpc) is 2.70. The first-order valence-corrected chi connectivity index (χ1v) is 8.27. The molecule has 0 aliphatic rings. The van der Waals surface area contributed by atoms with Crippen molar-refractivity contribution >= 4 is 35.2 Å². The molecule has 0 saturated carbocycles. The van der Waals surface area contributed by atoms with Crippen molar-refractivity contribution in [3.63, 3.8) is 0 Å². The van der Waals surface area contributed by atoms with Crippen LogP contribution in [0.15, 0.2) is 48.0 Å². The highest BCUT2D eigenvalue weighted by molar-refractivity contribution is 6.31. The maximum Gasteiger partial charge on any atom is 0.349 e. The number of rotatable bonds is 6. The van der Waals surface area contributed by atoms with E-state index < -0.39 is 18.5 Å². The molecule has 2 aromatic carbocycles. The van der Waals surface area contributed by atoms with Gasteiger partial charge in [0.25, 0.3) is 5.91 Å². The van der Waals surface area contributed by atoms with Crippen molar-refractivity contribution < 1.29 is 19.1 Å². The lowest BCUT2D eigenvalue weighted by Gasteiger charge is -2.08. The van der Waals surface area contributed by atoms with Gasteiger partial charge in [-0.3, -0.25) is 4.79 Å². The molecule has 0 aromatic heterocycles. The third kappa shape index (κ3) is 5.60. The number of benzene rings is 2. The zero-order valence-corrected chi connectivity index (χ0v) is 15.5. The quantitative estimate of drug-likeness (QED) is 0.456. The number of ether oxygens (including phenoxy) is 2. The summed E-state index contributed by atoms with van der Waals surface area (Å²) in [6.07, 6.45) is 1.33. The molecule has 2 aromatic rings. The van der Waals surface area contributed by atoms with E-state index in [2.05, 4.69) is 5.32 Å². The van der Waals surface area contributed by atoms with Gasteiger partial charge in [0.1, 0.15) is 23.5 Å². The predicted molar refractivity (Wildman–Crippen MR) is 102 cm³/mol. The first-order chi connectivity index (χ1) is 13.5. The summed E-state index contributed by atoms with van der Waals surface area (Å²) in [4.78, 5) is 24.1. The fourth-order valence-electron chi connectivity index (χ4n) is 2.15. The number of carbonyl (C=O) groups is 2. The van der Waals surface area contributed by atoms with Crippen LogP contribution in [-0.4, -0.2) is 25.6 Å². The first-order valence-electron chi connectivity index (χ1n) is 7.89. The summed E-state index contributed by atoms with van der Waals surface area (Å²) < 4.78 is 9.95. The van der Waals surface area contributed by atoms with Gasteiger partial charge in [0, 0.05) is 5.02 Å². The van der Waals surface area contributed by atoms with E-state index in [0.717, 1.165) is 0 Å². The summed E-state index contributed by atoms with van der Waals surface area (Å²) in [5, 5.41) is 21.0. The van der Waals surface area contributed by atoms with E-state index in [1.165, 1.54) is 31.4 Å². The molecule has 0 bridgehead atoms. The number of halogens is 1. The van der Waals surface area contributed by atoms with Gasteiger partial charge in [-0.15, -0.1) is 0 Å². The van der Waals surface area contributed by atoms with Crippen LogP contribution in [0.4, 0.5) is 5.69 Å². The van der Waals surface area contributed by atoms with E-state index in [-0.39, 0.29) is 16.8 Å². The minimum Gasteiger partial charge on any atom is -0.497 e. The van der Waals surface area contributed by atoms with Gasteiger partial charge in [0.2, 0.25) is 0 Å². The van der Waals surface area contributed by atoms with Gasteiger partial charge in [-0.05, 0) is 42.0 Å². The van der Waals surface area contributed by atoms with Crippen LogP contribution in [-0.2, 0) is 14.3 Å². The average molecular weight is 396 g/mol. The van der Waals surface area contributed by atoms with E-state index in [4.69, 9.17) is 26.3 Å². The Hall–Kier alpha value is -3.81. The smallest absolute Gasteiger partial charge is 0.349 e. The molecule has 8 heteroatoms. The van der Waals surface area contributed by atoms with Crippen LogP contribution in [0.3, 0.4) is 0 Å². The standard InChI is InChI=1S/C20H14ClN3O4/c1-27-17-4-2-3-13(8-17)7-15(11-23)20(26)28-12-19(25)24-18-9-16(21)6-5-14(18)10-22/h2-9H,12H2,1H3,(H,24,25)/b15-7+. The molecule has 1 N–H and O–H groups in total. The summed E-state index contributed by atoms with van der Waals surface area (Å²) in [6, 6.07) is 14.8. The van der Waals surface area contributed by atoms with Gasteiger partial charge in [-0.25, -0.2) is 4.79 Å². The van der Waals surface area contributed by atoms with E-state index in [9.17, 15) is 14.9 Å². The summed E-state index contributed by atoms with van der Waals surface area (Å²) in [7, 11) is 1.50. The number of nitrogens with zero attached hydrogens (tertiary/aromatic N) is 2. The molecule has 0 aliphatic heterocycles. The second-order valence-corrected chi connectivity index (χ2v) is 5.81. The molecule has 0 radical (unpaired) electrons. The van der Waals surface area contributed by atoms with Crippen LogP contribution in [0, 0.1) is 22.7 Å². The second kappa shape index (κ2) is 9.77. The number of esters is 1. The topological polar surface area (TPSA) is 112 Å². The van der Waals surface area contributed by atoms with Crippen LogP contribution >= 0.6 is 11.6 Å². The SMILES string of the molecule is COc1cccc(/C=C(\C#N)C(=O)OCC(=O)Nc2cc(Cl)ccc2C#N)c1. The number of amides is 1. The van der Waals surface area contributed by atoms with Crippen molar-refractivity contribution in [2.24, 2.45) is 0 Å². The number of hydrogen-bond donors (Lipinski definition) is 1. The van der Waals surface area contributed by atoms with Gasteiger partial charge >= 0.3 is 5.97 Å². The maximum absolute atomic E-state index is 12.1. The van der Waals surface area contributed by atoms with Crippen LogP contribution in [0.5, 0.6) is 5.75 Å². The second-order valence-electron chi connectivity index (χ2n) is 5.37. The lowest BCUT2D eigenvalue weighted by atomic mass is 10.1. The molecular formula is C20H14ClN3O4. The van der Waals surface area contributed by atoms with E-state index in [1.807, 2.05) is 6.07 Å². The van der Waals surface area contributed by atoms with Crippen molar-refractivity contribution in [1.29, 1.82) is 10.5 Å². The molecule has 0 aliphatic carbocycles. The molecule has 28 heavy (non-hydrogen) atoms. The Kier molecular flexibility index (Phi) is 7.15. The molecule has 0 fully saturated rings. The third-order valence-corrected chi connectivity index (χ3v) is 3.69. The Balaban J connectivity index is 2.03. The van der Waals surface area contributed by atoms with Crippen molar-refractivity contribution in [2.45, 2.75) is 0 Å². The zero-order chi connectivity index (χ0) is 20.5. The monoisotopic (exact) mass is 395 g/mol. The van der Waals surface area contributed by atoms with Crippen molar-refractivity contribution in [2.75, 3.05) is 19.0 Å². The van der Waals surface area contributed by atoms with Crippen LogP contribution < -0.4 is 10.1 Å². The summed E-state index contributed by atoms with van der Waals surface area (Å²) >= 11 is 5.85. The highest BCUT2D eigenvalue weighted by Gasteiger charge is 2.14. The Bertz CT molecular complexity index is 1020. The maximum atomic E-state index is 12.1. The van der Waals surface area contributed by atoms with Gasteiger partial charge in [0.05, 0.1) is 18.4 Å². The fourth-order valence-corrected chi connectivity index (χ4v) is 2.32. The fraction of sp³-hybridized carbons (Fsp3) is 0.100. The van der Waals surface area contributed by atoms with Crippen LogP contribution in [0.1, 0.15) is 11.1 Å². The largest absolute Gasteiger partial charge is 0.497 e. The van der Waals surface area contributed by atoms with Crippen molar-refractivity contribution in [1.82, 2.24) is 0 Å². The van der Waals surface area contributed by atoms with E-state index in [0.29, 0.717) is 16.3 Å². The summed E-state index contributed by atoms with van der Waals surface area (Å²) in [6.45, 7) is -0.632. The lowest BCUT2D eigenvalue weighted by molar-refractivity contribution is -0.142. The minimum atomic E-state index is -0.952. The Labute approximate surface area is 166 Å². The molecule has 0 saturated heterocycles. The van der Waals surface area contributed by atoms with Crippen LogP contribution in [0.25, 0.3) is 6.08 Å². The van der Waals surface area contributed by atoms with Crippen molar-refractivity contribution in [3.8, 4) is 17.9 Å². The number of hydrogen-bond acceptors (Lipinski definition) is 6. The molecule has 0 heterocycles. The molecule has 0 unspecified atom stereocenters. The number of nitrogens with one attached hydrogen (secondary N) is 1. The van der Waals surface area contributed by atoms with Crippen LogP contribution in [0.2, 0.25) is 5.02 Å². The highest BCUT2D eigenvalue weighted by Crippen LogP contribution is 2.20. The summed E-state index contributed by atoms with van der Waals surface area (Å²) in [5.41, 5.74) is 0.694. The molecule has 0 atom stereocenters. The first kappa shape index (κ1) is 20.5. The predicted octanol–water partition coefficient (Wildman–Crippen LogP) is 3.31. The molecular weight excluding hydrogens is 382 g/mol. The van der Waals surface area contributed by atoms with Gasteiger partial charge in [-0.1, -0.05) is 23.7 Å². The van der Waals surface area contributed by atoms with Gasteiger partial charge in [-0.2, -0.15) is 10.5 Å².